The number of likely N-dealkylation sites (tertiary alicyclic amines) is 1. The van der Waals surface area contributed by atoms with Gasteiger partial charge in [-0.1, -0.05) is 31.5 Å². The molecule has 0 unspecified atom stereocenters. The van der Waals surface area contributed by atoms with Crippen molar-refractivity contribution in [3.8, 4) is 5.75 Å². The summed E-state index contributed by atoms with van der Waals surface area (Å²) in [4.78, 5) is 25.8. The molecule has 1 aliphatic rings. The lowest BCUT2D eigenvalue weighted by atomic mass is 10.1. The van der Waals surface area contributed by atoms with E-state index in [1.54, 1.807) is 4.90 Å². The number of aryl methyl sites for hydroxylation is 2. The number of rotatable bonds is 6. The predicted molar refractivity (Wildman–Crippen MR) is 100 cm³/mol. The number of hydrogen-bond donors (Lipinski definition) is 1. The van der Waals surface area contributed by atoms with Crippen molar-refractivity contribution in [2.45, 2.75) is 46.6 Å². The van der Waals surface area contributed by atoms with Gasteiger partial charge in [-0.3, -0.25) is 4.79 Å². The van der Waals surface area contributed by atoms with Gasteiger partial charge in [0.05, 0.1) is 6.61 Å². The number of ether oxygens (including phenoxy) is 2. The summed E-state index contributed by atoms with van der Waals surface area (Å²) >= 11 is 0. The normalized spacial score (nSPS) is 15.0. The summed E-state index contributed by atoms with van der Waals surface area (Å²) in [6.45, 7) is 9.64. The second-order valence-corrected chi connectivity index (χ2v) is 7.36. The zero-order valence-electron chi connectivity index (χ0n) is 16.2. The Morgan fingerprint density at radius 3 is 2.54 bits per heavy atom. The zero-order chi connectivity index (χ0) is 19.1. The van der Waals surface area contributed by atoms with Crippen LogP contribution in [0.15, 0.2) is 18.2 Å². The van der Waals surface area contributed by atoms with Gasteiger partial charge in [0.2, 0.25) is 0 Å². The molecule has 2 rings (SSSR count). The first-order valence-corrected chi connectivity index (χ1v) is 9.26. The highest BCUT2D eigenvalue weighted by atomic mass is 16.6. The van der Waals surface area contributed by atoms with Gasteiger partial charge in [-0.2, -0.15) is 0 Å². The number of nitrogens with one attached hydrogen (secondary N) is 1. The summed E-state index contributed by atoms with van der Waals surface area (Å²) < 4.78 is 10.9. The van der Waals surface area contributed by atoms with E-state index in [0.29, 0.717) is 25.6 Å². The standard InChI is InChI=1S/C20H30N2O4/c1-14(2)12-26-20(24)22-9-7-17(8-10-22)21-19(23)13-25-18-6-5-15(3)11-16(18)4/h5-6,11,14,17H,7-10,12-13H2,1-4H3,(H,21,23). The maximum Gasteiger partial charge on any atom is 0.409 e. The van der Waals surface area contributed by atoms with Crippen LogP contribution in [0, 0.1) is 19.8 Å². The molecule has 0 aromatic heterocycles. The lowest BCUT2D eigenvalue weighted by molar-refractivity contribution is -0.124. The minimum Gasteiger partial charge on any atom is -0.484 e. The molecule has 1 heterocycles. The minimum absolute atomic E-state index is 0.000541. The smallest absolute Gasteiger partial charge is 0.409 e. The van der Waals surface area contributed by atoms with Gasteiger partial charge in [0.25, 0.3) is 5.91 Å². The highest BCUT2D eigenvalue weighted by molar-refractivity contribution is 5.78. The molecule has 144 valence electrons. The van der Waals surface area contributed by atoms with Crippen LogP contribution in [0.25, 0.3) is 0 Å². The van der Waals surface area contributed by atoms with E-state index in [2.05, 4.69) is 5.32 Å². The fraction of sp³-hybridized carbons (Fsp3) is 0.600. The van der Waals surface area contributed by atoms with E-state index in [-0.39, 0.29) is 24.6 Å². The van der Waals surface area contributed by atoms with Gasteiger partial charge in [-0.05, 0) is 44.2 Å². The summed E-state index contributed by atoms with van der Waals surface area (Å²) in [5, 5.41) is 2.99. The summed E-state index contributed by atoms with van der Waals surface area (Å²) in [7, 11) is 0. The summed E-state index contributed by atoms with van der Waals surface area (Å²) in [6.07, 6.45) is 1.19. The number of carbonyl (C=O) groups is 2. The van der Waals surface area contributed by atoms with Crippen molar-refractivity contribution in [3.05, 3.63) is 29.3 Å². The molecule has 0 spiro atoms. The van der Waals surface area contributed by atoms with Crippen LogP contribution in [0.3, 0.4) is 0 Å². The van der Waals surface area contributed by atoms with Crippen molar-refractivity contribution in [1.82, 2.24) is 10.2 Å². The predicted octanol–water partition coefficient (Wildman–Crippen LogP) is 3.06. The quantitative estimate of drug-likeness (QED) is 0.844. The number of hydrogen-bond acceptors (Lipinski definition) is 4. The van der Waals surface area contributed by atoms with Crippen molar-refractivity contribution >= 4 is 12.0 Å². The van der Waals surface area contributed by atoms with Gasteiger partial charge < -0.3 is 19.7 Å². The van der Waals surface area contributed by atoms with Gasteiger partial charge in [0.15, 0.2) is 6.61 Å². The van der Waals surface area contributed by atoms with E-state index in [9.17, 15) is 9.59 Å². The molecule has 0 saturated carbocycles. The molecule has 0 radical (unpaired) electrons. The molecule has 0 atom stereocenters. The topological polar surface area (TPSA) is 67.9 Å². The van der Waals surface area contributed by atoms with Gasteiger partial charge in [0.1, 0.15) is 5.75 Å². The maximum absolute atomic E-state index is 12.1. The van der Waals surface area contributed by atoms with Gasteiger partial charge >= 0.3 is 6.09 Å². The highest BCUT2D eigenvalue weighted by Crippen LogP contribution is 2.18. The Balaban J connectivity index is 1.70. The molecule has 1 saturated heterocycles. The Morgan fingerprint density at radius 2 is 1.92 bits per heavy atom. The monoisotopic (exact) mass is 362 g/mol. The average molecular weight is 362 g/mol. The molecule has 1 N–H and O–H groups in total. The molecule has 0 aliphatic carbocycles. The lowest BCUT2D eigenvalue weighted by Gasteiger charge is -2.31. The third-order valence-corrected chi connectivity index (χ3v) is 4.35. The van der Waals surface area contributed by atoms with Crippen LogP contribution in [0.2, 0.25) is 0 Å². The van der Waals surface area contributed by atoms with Crippen LogP contribution in [-0.2, 0) is 9.53 Å². The van der Waals surface area contributed by atoms with Crippen LogP contribution >= 0.6 is 0 Å². The van der Waals surface area contributed by atoms with Crippen LogP contribution in [0.5, 0.6) is 5.75 Å². The highest BCUT2D eigenvalue weighted by Gasteiger charge is 2.25. The number of piperidine rings is 1. The van der Waals surface area contributed by atoms with E-state index in [4.69, 9.17) is 9.47 Å². The van der Waals surface area contributed by atoms with E-state index < -0.39 is 0 Å². The van der Waals surface area contributed by atoms with Crippen LogP contribution < -0.4 is 10.1 Å². The maximum atomic E-state index is 12.1. The molecule has 6 heteroatoms. The fourth-order valence-electron chi connectivity index (χ4n) is 2.91. The SMILES string of the molecule is Cc1ccc(OCC(=O)NC2CCN(C(=O)OCC(C)C)CC2)c(C)c1. The molecule has 2 amide bonds. The Morgan fingerprint density at radius 1 is 1.23 bits per heavy atom. The molecule has 0 bridgehead atoms. The van der Waals surface area contributed by atoms with Gasteiger partial charge in [-0.25, -0.2) is 4.79 Å². The van der Waals surface area contributed by atoms with Crippen LogP contribution in [-0.4, -0.2) is 49.2 Å². The fourth-order valence-corrected chi connectivity index (χ4v) is 2.91. The number of amides is 2. The summed E-state index contributed by atoms with van der Waals surface area (Å²) in [5.41, 5.74) is 2.18. The van der Waals surface area contributed by atoms with E-state index in [0.717, 1.165) is 29.7 Å². The average Bonchev–Trinajstić information content (AvgIpc) is 2.59. The minimum atomic E-state index is -0.262. The Labute approximate surface area is 155 Å². The number of nitrogens with zero attached hydrogens (tertiary/aromatic N) is 1. The molecule has 1 fully saturated rings. The largest absolute Gasteiger partial charge is 0.484 e. The first-order valence-electron chi connectivity index (χ1n) is 9.26. The van der Waals surface area contributed by atoms with Gasteiger partial charge in [-0.15, -0.1) is 0 Å². The van der Waals surface area contributed by atoms with Crippen molar-refractivity contribution in [3.63, 3.8) is 0 Å². The third kappa shape index (κ3) is 6.24. The summed E-state index contributed by atoms with van der Waals surface area (Å²) in [6, 6.07) is 5.95. The van der Waals surface area contributed by atoms with Crippen molar-refractivity contribution in [2.75, 3.05) is 26.3 Å². The Bertz CT molecular complexity index is 622. The second kappa shape index (κ2) is 9.46. The molecular formula is C20H30N2O4. The first kappa shape index (κ1) is 20.1. The molecule has 1 aliphatic heterocycles. The first-order chi connectivity index (χ1) is 12.3. The van der Waals surface area contributed by atoms with E-state index in [1.807, 2.05) is 45.9 Å². The molecular weight excluding hydrogens is 332 g/mol. The van der Waals surface area contributed by atoms with Crippen LogP contribution in [0.1, 0.15) is 37.8 Å². The third-order valence-electron chi connectivity index (χ3n) is 4.35. The van der Waals surface area contributed by atoms with E-state index in [1.165, 1.54) is 0 Å². The van der Waals surface area contributed by atoms with Crippen LogP contribution in [0.4, 0.5) is 4.79 Å². The van der Waals surface area contributed by atoms with Crippen molar-refractivity contribution in [1.29, 1.82) is 0 Å². The Kier molecular flexibility index (Phi) is 7.30. The number of carbonyl (C=O) groups excluding carboxylic acids is 2. The van der Waals surface area contributed by atoms with Gasteiger partial charge in [0, 0.05) is 19.1 Å². The molecule has 1 aromatic rings. The molecule has 6 nitrogen and oxygen atoms in total. The molecule has 26 heavy (non-hydrogen) atoms. The second-order valence-electron chi connectivity index (χ2n) is 7.36. The lowest BCUT2D eigenvalue weighted by Crippen LogP contribution is -2.47. The van der Waals surface area contributed by atoms with Crippen molar-refractivity contribution in [2.24, 2.45) is 5.92 Å². The Hall–Kier alpha value is -2.24. The van der Waals surface area contributed by atoms with E-state index >= 15 is 0 Å². The summed E-state index contributed by atoms with van der Waals surface area (Å²) in [5.74, 6) is 0.923. The van der Waals surface area contributed by atoms with Crippen molar-refractivity contribution < 1.29 is 19.1 Å². The molecule has 1 aromatic carbocycles. The number of benzene rings is 1. The zero-order valence-corrected chi connectivity index (χ0v) is 16.2.